The number of rotatable bonds is 35. The van der Waals surface area contributed by atoms with Crippen molar-refractivity contribution in [3.8, 4) is 0 Å². The van der Waals surface area contributed by atoms with Gasteiger partial charge < -0.3 is 39.9 Å². The number of carbonyl (C=O) groups excluding carboxylic acids is 2. The molecule has 1 aliphatic rings. The maximum atomic E-state index is 12.8. The van der Waals surface area contributed by atoms with Crippen LogP contribution in [0.15, 0.2) is 24.3 Å². The summed E-state index contributed by atoms with van der Waals surface area (Å²) in [5.41, 5.74) is 0. The number of phosphoric ester groups is 1. The van der Waals surface area contributed by atoms with Crippen LogP contribution in [-0.4, -0.2) is 98.3 Å². The second-order valence-corrected chi connectivity index (χ2v) is 16.6. The second kappa shape index (κ2) is 33.2. The first kappa shape index (κ1) is 52.3. The third-order valence-corrected chi connectivity index (χ3v) is 11.0. The van der Waals surface area contributed by atoms with Crippen molar-refractivity contribution in [2.75, 3.05) is 13.2 Å². The van der Waals surface area contributed by atoms with E-state index >= 15 is 0 Å². The molecular formula is C42H77O13P. The normalized spacial score (nSPS) is 23.1. The number of unbranched alkanes of at least 4 members (excludes halogenated alkanes) is 19. The predicted octanol–water partition coefficient (Wildman–Crippen LogP) is 7.67. The summed E-state index contributed by atoms with van der Waals surface area (Å²) in [6.07, 6.45) is 21.0. The standard InChI is InChI=1S/C42H77O13P/c1-3-5-7-9-11-13-15-16-17-18-19-20-21-23-25-27-29-31-36(44)54-34(32-52-35(43)30-28-26-24-22-14-12-10-8-6-4-2)33-53-56(50,51)55-42-40(48)38(46)37(45)39(47)41(42)49/h11,13,16-17,34,37-42,45-49H,3-10,12,14-15,18-33H2,1-2H3,(H,50,51)/b13-11-,17-16-/t34-,37?,38-,39?,40?,41?,42?/m1/s1. The Labute approximate surface area is 336 Å². The monoisotopic (exact) mass is 821 g/mol. The van der Waals surface area contributed by atoms with Crippen molar-refractivity contribution >= 4 is 19.8 Å². The van der Waals surface area contributed by atoms with Gasteiger partial charge in [-0.15, -0.1) is 0 Å². The van der Waals surface area contributed by atoms with Gasteiger partial charge in [0, 0.05) is 12.8 Å². The molecule has 0 radical (unpaired) electrons. The fourth-order valence-corrected chi connectivity index (χ4v) is 7.47. The third-order valence-electron chi connectivity index (χ3n) is 10.0. The molecule has 0 bridgehead atoms. The second-order valence-electron chi connectivity index (χ2n) is 15.2. The Morgan fingerprint density at radius 3 is 1.48 bits per heavy atom. The highest BCUT2D eigenvalue weighted by Gasteiger charge is 2.51. The summed E-state index contributed by atoms with van der Waals surface area (Å²) in [5.74, 6) is -1.11. The van der Waals surface area contributed by atoms with E-state index in [1.807, 2.05) is 0 Å². The average molecular weight is 821 g/mol. The van der Waals surface area contributed by atoms with Gasteiger partial charge in [0.1, 0.15) is 43.2 Å². The molecule has 0 spiro atoms. The van der Waals surface area contributed by atoms with E-state index < -0.39 is 75.7 Å². The van der Waals surface area contributed by atoms with E-state index in [2.05, 4.69) is 38.2 Å². The fourth-order valence-electron chi connectivity index (χ4n) is 6.49. The van der Waals surface area contributed by atoms with Gasteiger partial charge in [-0.2, -0.15) is 0 Å². The van der Waals surface area contributed by atoms with E-state index in [0.717, 1.165) is 77.0 Å². The predicted molar refractivity (Wildman–Crippen MR) is 217 cm³/mol. The number of carbonyl (C=O) groups is 2. The molecule has 14 heteroatoms. The summed E-state index contributed by atoms with van der Waals surface area (Å²) < 4.78 is 33.4. The molecule has 0 aromatic heterocycles. The molecule has 8 atom stereocenters. The molecule has 0 heterocycles. The molecule has 0 saturated heterocycles. The molecule has 6 N–H and O–H groups in total. The number of phosphoric acid groups is 1. The van der Waals surface area contributed by atoms with E-state index in [1.54, 1.807) is 0 Å². The lowest BCUT2D eigenvalue weighted by Gasteiger charge is -2.41. The van der Waals surface area contributed by atoms with Crippen molar-refractivity contribution in [3.63, 3.8) is 0 Å². The van der Waals surface area contributed by atoms with Gasteiger partial charge in [-0.1, -0.05) is 141 Å². The van der Waals surface area contributed by atoms with Crippen LogP contribution in [0.4, 0.5) is 0 Å². The van der Waals surface area contributed by atoms with Crippen LogP contribution in [0.3, 0.4) is 0 Å². The van der Waals surface area contributed by atoms with E-state index in [-0.39, 0.29) is 12.8 Å². The molecule has 1 rings (SSSR count). The summed E-state index contributed by atoms with van der Waals surface area (Å²) in [6, 6.07) is 0. The highest BCUT2D eigenvalue weighted by molar-refractivity contribution is 7.47. The van der Waals surface area contributed by atoms with Crippen molar-refractivity contribution in [1.82, 2.24) is 0 Å². The van der Waals surface area contributed by atoms with Crippen molar-refractivity contribution in [2.24, 2.45) is 0 Å². The highest BCUT2D eigenvalue weighted by atomic mass is 31.2. The minimum Gasteiger partial charge on any atom is -0.462 e. The van der Waals surface area contributed by atoms with E-state index in [1.165, 1.54) is 57.8 Å². The Hall–Kier alpha value is -1.67. The minimum absolute atomic E-state index is 0.0900. The molecule has 13 nitrogen and oxygen atoms in total. The summed E-state index contributed by atoms with van der Waals surface area (Å²) in [5, 5.41) is 50.0. The van der Waals surface area contributed by atoms with Gasteiger partial charge in [-0.25, -0.2) is 4.57 Å². The van der Waals surface area contributed by atoms with Gasteiger partial charge in [0.25, 0.3) is 0 Å². The smallest absolute Gasteiger partial charge is 0.462 e. The van der Waals surface area contributed by atoms with Crippen LogP contribution in [0, 0.1) is 0 Å². The van der Waals surface area contributed by atoms with E-state index in [0.29, 0.717) is 12.8 Å². The van der Waals surface area contributed by atoms with Crippen LogP contribution in [0.2, 0.25) is 0 Å². The first-order valence-electron chi connectivity index (χ1n) is 21.6. The quantitative estimate of drug-likeness (QED) is 0.0157. The summed E-state index contributed by atoms with van der Waals surface area (Å²) in [4.78, 5) is 35.5. The van der Waals surface area contributed by atoms with Crippen LogP contribution < -0.4 is 0 Å². The summed E-state index contributed by atoms with van der Waals surface area (Å²) in [6.45, 7) is 3.24. The number of allylic oxidation sites excluding steroid dienone is 4. The zero-order valence-corrected chi connectivity index (χ0v) is 35.3. The van der Waals surface area contributed by atoms with E-state index in [9.17, 15) is 44.6 Å². The number of esters is 2. The maximum Gasteiger partial charge on any atom is 0.472 e. The van der Waals surface area contributed by atoms with Gasteiger partial charge in [-0.05, 0) is 44.9 Å². The molecule has 0 aromatic carbocycles. The zero-order chi connectivity index (χ0) is 41.4. The fraction of sp³-hybridized carbons (Fsp3) is 0.857. The third kappa shape index (κ3) is 25.6. The Bertz CT molecular complexity index is 1090. The molecule has 0 aliphatic heterocycles. The number of hydrogen-bond acceptors (Lipinski definition) is 12. The topological polar surface area (TPSA) is 210 Å². The number of hydrogen-bond donors (Lipinski definition) is 6. The largest absolute Gasteiger partial charge is 0.472 e. The molecule has 0 amide bonds. The van der Waals surface area contributed by atoms with Gasteiger partial charge in [0.2, 0.25) is 0 Å². The van der Waals surface area contributed by atoms with Crippen molar-refractivity contribution in [3.05, 3.63) is 24.3 Å². The molecule has 0 aromatic rings. The van der Waals surface area contributed by atoms with Crippen LogP contribution in [0.1, 0.15) is 174 Å². The molecule has 56 heavy (non-hydrogen) atoms. The SMILES string of the molecule is CCCCC/C=C\C/C=C\CCCCCCCCCC(=O)O[C@H](COC(=O)CCCCCCCCCCCC)COP(=O)(O)OC1C(O)C(O)C(O)[C@@H](O)C1O. The van der Waals surface area contributed by atoms with Crippen LogP contribution in [0.25, 0.3) is 0 Å². The lowest BCUT2D eigenvalue weighted by Crippen LogP contribution is -2.64. The van der Waals surface area contributed by atoms with Crippen molar-refractivity contribution < 1.29 is 63.1 Å². The van der Waals surface area contributed by atoms with E-state index in [4.69, 9.17) is 18.5 Å². The highest BCUT2D eigenvalue weighted by Crippen LogP contribution is 2.47. The van der Waals surface area contributed by atoms with Gasteiger partial charge in [0.15, 0.2) is 6.10 Å². The Morgan fingerprint density at radius 1 is 0.554 bits per heavy atom. The summed E-state index contributed by atoms with van der Waals surface area (Å²) in [7, 11) is -5.11. The van der Waals surface area contributed by atoms with Crippen LogP contribution in [0.5, 0.6) is 0 Å². The van der Waals surface area contributed by atoms with Gasteiger partial charge >= 0.3 is 19.8 Å². The Kier molecular flexibility index (Phi) is 31.0. The lowest BCUT2D eigenvalue weighted by atomic mass is 9.85. The van der Waals surface area contributed by atoms with Crippen molar-refractivity contribution in [2.45, 2.75) is 217 Å². The minimum atomic E-state index is -5.11. The molecular weight excluding hydrogens is 743 g/mol. The average Bonchev–Trinajstić information content (AvgIpc) is 3.18. The molecule has 328 valence electrons. The Morgan fingerprint density at radius 2 is 0.964 bits per heavy atom. The van der Waals surface area contributed by atoms with Crippen LogP contribution in [-0.2, 0) is 32.7 Å². The molecule has 1 aliphatic carbocycles. The van der Waals surface area contributed by atoms with Crippen LogP contribution >= 0.6 is 7.82 Å². The lowest BCUT2D eigenvalue weighted by molar-refractivity contribution is -0.220. The number of ether oxygens (including phenoxy) is 2. The first-order valence-corrected chi connectivity index (χ1v) is 23.1. The van der Waals surface area contributed by atoms with Gasteiger partial charge in [-0.3, -0.25) is 18.6 Å². The van der Waals surface area contributed by atoms with Gasteiger partial charge in [0.05, 0.1) is 6.61 Å². The maximum absolute atomic E-state index is 12.8. The first-order chi connectivity index (χ1) is 26.9. The Balaban J connectivity index is 2.48. The molecule has 1 saturated carbocycles. The summed E-state index contributed by atoms with van der Waals surface area (Å²) >= 11 is 0. The number of aliphatic hydroxyl groups is 5. The number of aliphatic hydroxyl groups excluding tert-OH is 5. The molecule has 6 unspecified atom stereocenters. The zero-order valence-electron chi connectivity index (χ0n) is 34.4. The van der Waals surface area contributed by atoms with Crippen molar-refractivity contribution in [1.29, 1.82) is 0 Å². The molecule has 1 fully saturated rings.